The molecule has 22 heavy (non-hydrogen) atoms. The van der Waals surface area contributed by atoms with Gasteiger partial charge in [-0.15, -0.1) is 0 Å². The molecule has 2 N–H and O–H groups in total. The summed E-state index contributed by atoms with van der Waals surface area (Å²) in [6.07, 6.45) is 2.01. The van der Waals surface area contributed by atoms with Crippen molar-refractivity contribution >= 4 is 23.1 Å². The first-order chi connectivity index (χ1) is 10.7. The summed E-state index contributed by atoms with van der Waals surface area (Å²) in [6.45, 7) is 2.78. The Morgan fingerprint density at radius 2 is 1.95 bits per heavy atom. The van der Waals surface area contributed by atoms with Crippen LogP contribution in [0.4, 0.5) is 5.82 Å². The lowest BCUT2D eigenvalue weighted by Gasteiger charge is -2.10. The number of hydrogen-bond donors (Lipinski definition) is 2. The molecule has 0 radical (unpaired) electrons. The van der Waals surface area contributed by atoms with E-state index in [9.17, 15) is 0 Å². The molecule has 1 aromatic carbocycles. The number of hydrogen-bond acceptors (Lipinski definition) is 3. The number of pyridine rings is 1. The van der Waals surface area contributed by atoms with Gasteiger partial charge >= 0.3 is 0 Å². The highest BCUT2D eigenvalue weighted by Crippen LogP contribution is 2.12. The van der Waals surface area contributed by atoms with Crippen LogP contribution in [0.3, 0.4) is 0 Å². The van der Waals surface area contributed by atoms with Crippen molar-refractivity contribution in [2.45, 2.75) is 19.8 Å². The minimum Gasteiger partial charge on any atom is -0.497 e. The summed E-state index contributed by atoms with van der Waals surface area (Å²) < 4.78 is 5.15. The Kier molecular flexibility index (Phi) is 6.15. The van der Waals surface area contributed by atoms with Gasteiger partial charge in [0.25, 0.3) is 0 Å². The van der Waals surface area contributed by atoms with E-state index in [0.29, 0.717) is 5.11 Å². The summed E-state index contributed by atoms with van der Waals surface area (Å²) in [5.41, 5.74) is 2.26. The average molecular weight is 315 g/mol. The van der Waals surface area contributed by atoms with E-state index in [0.717, 1.165) is 36.6 Å². The number of ether oxygens (including phenoxy) is 1. The molecule has 0 amide bonds. The van der Waals surface area contributed by atoms with Crippen molar-refractivity contribution in [1.82, 2.24) is 10.3 Å². The zero-order valence-corrected chi connectivity index (χ0v) is 13.7. The topological polar surface area (TPSA) is 46.2 Å². The predicted molar refractivity (Wildman–Crippen MR) is 94.5 cm³/mol. The number of nitrogens with one attached hydrogen (secondary N) is 2. The quantitative estimate of drug-likeness (QED) is 0.632. The van der Waals surface area contributed by atoms with Crippen molar-refractivity contribution in [3.63, 3.8) is 0 Å². The largest absolute Gasteiger partial charge is 0.497 e. The van der Waals surface area contributed by atoms with Crippen LogP contribution in [0.25, 0.3) is 0 Å². The monoisotopic (exact) mass is 315 g/mol. The van der Waals surface area contributed by atoms with E-state index in [2.05, 4.69) is 27.8 Å². The Balaban J connectivity index is 1.68. The van der Waals surface area contributed by atoms with Crippen LogP contribution >= 0.6 is 12.2 Å². The summed E-state index contributed by atoms with van der Waals surface area (Å²) in [6, 6.07) is 14.0. The molecule has 0 aliphatic carbocycles. The molecule has 1 aromatic heterocycles. The summed E-state index contributed by atoms with van der Waals surface area (Å²) in [4.78, 5) is 4.35. The van der Waals surface area contributed by atoms with Gasteiger partial charge in [0.15, 0.2) is 5.11 Å². The minimum absolute atomic E-state index is 0.604. The molecule has 0 atom stereocenters. The fraction of sp³-hybridized carbons (Fsp3) is 0.294. The van der Waals surface area contributed by atoms with Crippen LogP contribution in [0.5, 0.6) is 5.75 Å². The standard InChI is InChI=1S/C17H21N3OS/c1-13-5-3-7-16(19-13)20-17(22)18-12-4-6-14-8-10-15(21-2)11-9-14/h3,5,7-11H,4,6,12H2,1-2H3,(H2,18,19,20,22). The first kappa shape index (κ1) is 16.2. The van der Waals surface area contributed by atoms with Gasteiger partial charge in [0, 0.05) is 12.2 Å². The predicted octanol–water partition coefficient (Wildman–Crippen LogP) is 3.32. The summed E-state index contributed by atoms with van der Waals surface area (Å²) in [5.74, 6) is 1.66. The van der Waals surface area contributed by atoms with Crippen molar-refractivity contribution in [3.8, 4) is 5.75 Å². The third-order valence-corrected chi connectivity index (χ3v) is 3.46. The average Bonchev–Trinajstić information content (AvgIpc) is 2.52. The molecule has 5 heteroatoms. The van der Waals surface area contributed by atoms with E-state index in [-0.39, 0.29) is 0 Å². The first-order valence-corrected chi connectivity index (χ1v) is 7.69. The van der Waals surface area contributed by atoms with Crippen LogP contribution in [0.15, 0.2) is 42.5 Å². The van der Waals surface area contributed by atoms with Gasteiger partial charge in [-0.25, -0.2) is 4.98 Å². The zero-order chi connectivity index (χ0) is 15.8. The molecule has 1 heterocycles. The Bertz CT molecular complexity index is 614. The van der Waals surface area contributed by atoms with E-state index in [1.54, 1.807) is 7.11 Å². The second-order valence-electron chi connectivity index (χ2n) is 5.00. The molecule has 4 nitrogen and oxygen atoms in total. The number of nitrogens with zero attached hydrogens (tertiary/aromatic N) is 1. The van der Waals surface area contributed by atoms with Crippen LogP contribution < -0.4 is 15.4 Å². The molecule has 0 saturated heterocycles. The molecule has 116 valence electrons. The van der Waals surface area contributed by atoms with E-state index in [4.69, 9.17) is 17.0 Å². The number of benzene rings is 1. The van der Waals surface area contributed by atoms with Gasteiger partial charge in [0.05, 0.1) is 7.11 Å². The maximum atomic E-state index is 5.26. The maximum absolute atomic E-state index is 5.26. The molecule has 0 aliphatic rings. The highest BCUT2D eigenvalue weighted by atomic mass is 32.1. The fourth-order valence-electron chi connectivity index (χ4n) is 2.06. The zero-order valence-electron chi connectivity index (χ0n) is 12.9. The Morgan fingerprint density at radius 1 is 1.18 bits per heavy atom. The van der Waals surface area contributed by atoms with Crippen LogP contribution in [0, 0.1) is 6.92 Å². The van der Waals surface area contributed by atoms with Crippen molar-refractivity contribution in [2.75, 3.05) is 19.0 Å². The third-order valence-electron chi connectivity index (χ3n) is 3.22. The lowest BCUT2D eigenvalue weighted by atomic mass is 10.1. The molecule has 0 spiro atoms. The SMILES string of the molecule is COc1ccc(CCCNC(=S)Nc2cccc(C)n2)cc1. The molecular weight excluding hydrogens is 294 g/mol. The van der Waals surface area contributed by atoms with Crippen molar-refractivity contribution in [3.05, 3.63) is 53.7 Å². The highest BCUT2D eigenvalue weighted by Gasteiger charge is 1.99. The molecule has 2 aromatic rings. The first-order valence-electron chi connectivity index (χ1n) is 7.29. The van der Waals surface area contributed by atoms with Gasteiger partial charge in [-0.1, -0.05) is 18.2 Å². The Hall–Kier alpha value is -2.14. The molecule has 0 bridgehead atoms. The molecule has 0 fully saturated rings. The summed E-state index contributed by atoms with van der Waals surface area (Å²) >= 11 is 5.26. The maximum Gasteiger partial charge on any atom is 0.171 e. The highest BCUT2D eigenvalue weighted by molar-refractivity contribution is 7.80. The van der Waals surface area contributed by atoms with Crippen molar-refractivity contribution in [1.29, 1.82) is 0 Å². The minimum atomic E-state index is 0.604. The number of aryl methyl sites for hydroxylation is 2. The van der Waals surface area contributed by atoms with Crippen LogP contribution in [-0.2, 0) is 6.42 Å². The van der Waals surface area contributed by atoms with E-state index in [1.807, 2.05) is 37.3 Å². The lowest BCUT2D eigenvalue weighted by Crippen LogP contribution is -2.29. The smallest absolute Gasteiger partial charge is 0.171 e. The van der Waals surface area contributed by atoms with Gasteiger partial charge in [0.1, 0.15) is 11.6 Å². The number of methoxy groups -OCH3 is 1. The normalized spacial score (nSPS) is 10.1. The number of rotatable bonds is 6. The molecule has 0 saturated carbocycles. The molecule has 0 unspecified atom stereocenters. The van der Waals surface area contributed by atoms with Crippen LogP contribution in [0.2, 0.25) is 0 Å². The van der Waals surface area contributed by atoms with Crippen molar-refractivity contribution in [2.24, 2.45) is 0 Å². The van der Waals surface area contributed by atoms with E-state index >= 15 is 0 Å². The second kappa shape index (κ2) is 8.34. The third kappa shape index (κ3) is 5.33. The Morgan fingerprint density at radius 3 is 2.64 bits per heavy atom. The summed E-state index contributed by atoms with van der Waals surface area (Å²) in [7, 11) is 1.68. The Labute approximate surface area is 136 Å². The van der Waals surface area contributed by atoms with Crippen molar-refractivity contribution < 1.29 is 4.74 Å². The van der Waals surface area contributed by atoms with Gasteiger partial charge in [-0.2, -0.15) is 0 Å². The molecular formula is C17H21N3OS. The van der Waals surface area contributed by atoms with E-state index < -0.39 is 0 Å². The lowest BCUT2D eigenvalue weighted by molar-refractivity contribution is 0.414. The van der Waals surface area contributed by atoms with E-state index in [1.165, 1.54) is 5.56 Å². The van der Waals surface area contributed by atoms with Gasteiger partial charge in [-0.05, 0) is 61.8 Å². The second-order valence-corrected chi connectivity index (χ2v) is 5.40. The van der Waals surface area contributed by atoms with Crippen LogP contribution in [0.1, 0.15) is 17.7 Å². The molecule has 2 rings (SSSR count). The van der Waals surface area contributed by atoms with Crippen LogP contribution in [-0.4, -0.2) is 23.8 Å². The van der Waals surface area contributed by atoms with Gasteiger partial charge in [0.2, 0.25) is 0 Å². The molecule has 0 aliphatic heterocycles. The number of anilines is 1. The number of thiocarbonyl (C=S) groups is 1. The fourth-order valence-corrected chi connectivity index (χ4v) is 2.27. The van der Waals surface area contributed by atoms with Gasteiger partial charge in [-0.3, -0.25) is 0 Å². The summed E-state index contributed by atoms with van der Waals surface area (Å²) in [5, 5.41) is 6.89. The van der Waals surface area contributed by atoms with Gasteiger partial charge < -0.3 is 15.4 Å². The number of aromatic nitrogens is 1.